The highest BCUT2D eigenvalue weighted by molar-refractivity contribution is 6.31. The lowest BCUT2D eigenvalue weighted by Crippen LogP contribution is -2.25. The second-order valence-electron chi connectivity index (χ2n) is 4.52. The molecule has 2 N–H and O–H groups in total. The summed E-state index contributed by atoms with van der Waals surface area (Å²) in [5.41, 5.74) is 7.52. The summed E-state index contributed by atoms with van der Waals surface area (Å²) >= 11 is 5.96. The van der Waals surface area contributed by atoms with Crippen molar-refractivity contribution in [2.24, 2.45) is 5.73 Å². The van der Waals surface area contributed by atoms with Crippen LogP contribution in [0.4, 0.5) is 4.39 Å². The van der Waals surface area contributed by atoms with E-state index >= 15 is 0 Å². The highest BCUT2D eigenvalue weighted by Crippen LogP contribution is 2.41. The Morgan fingerprint density at radius 2 is 2.19 bits per heavy atom. The standard InChI is InChI=1S/C12H15ClFNO/c1-7-8(6-12(15)3-4-12)11(16-2)10(14)5-9(7)13/h5H,3-4,6,15H2,1-2H3. The van der Waals surface area contributed by atoms with Crippen molar-refractivity contribution in [2.75, 3.05) is 7.11 Å². The number of rotatable bonds is 3. The van der Waals surface area contributed by atoms with E-state index in [1.807, 2.05) is 6.92 Å². The second-order valence-corrected chi connectivity index (χ2v) is 4.92. The van der Waals surface area contributed by atoms with Gasteiger partial charge in [-0.25, -0.2) is 4.39 Å². The van der Waals surface area contributed by atoms with Crippen LogP contribution in [0.25, 0.3) is 0 Å². The van der Waals surface area contributed by atoms with Crippen LogP contribution in [0.3, 0.4) is 0 Å². The van der Waals surface area contributed by atoms with Crippen LogP contribution in [0.1, 0.15) is 24.0 Å². The summed E-state index contributed by atoms with van der Waals surface area (Å²) in [5, 5.41) is 0.428. The summed E-state index contributed by atoms with van der Waals surface area (Å²) in [5.74, 6) is -0.143. The highest BCUT2D eigenvalue weighted by Gasteiger charge is 2.39. The fraction of sp³-hybridized carbons (Fsp3) is 0.500. The molecule has 0 atom stereocenters. The number of hydrogen-bond acceptors (Lipinski definition) is 2. The molecule has 4 heteroatoms. The maximum atomic E-state index is 13.6. The van der Waals surface area contributed by atoms with E-state index in [1.54, 1.807) is 0 Å². The maximum Gasteiger partial charge on any atom is 0.166 e. The van der Waals surface area contributed by atoms with E-state index in [0.29, 0.717) is 11.4 Å². The summed E-state index contributed by atoms with van der Waals surface area (Å²) in [4.78, 5) is 0. The van der Waals surface area contributed by atoms with Crippen LogP contribution < -0.4 is 10.5 Å². The molecule has 0 aromatic heterocycles. The molecule has 1 aromatic rings. The fourth-order valence-electron chi connectivity index (χ4n) is 1.87. The summed E-state index contributed by atoms with van der Waals surface area (Å²) in [6.07, 6.45) is 2.58. The lowest BCUT2D eigenvalue weighted by molar-refractivity contribution is 0.379. The van der Waals surface area contributed by atoms with E-state index in [-0.39, 0.29) is 11.3 Å². The molecule has 0 spiro atoms. The van der Waals surface area contributed by atoms with Gasteiger partial charge in [-0.1, -0.05) is 11.6 Å². The average molecular weight is 244 g/mol. The molecule has 0 bridgehead atoms. The van der Waals surface area contributed by atoms with E-state index in [9.17, 15) is 4.39 Å². The van der Waals surface area contributed by atoms with Crippen molar-refractivity contribution in [3.05, 3.63) is 28.0 Å². The largest absolute Gasteiger partial charge is 0.493 e. The Labute approximate surface area is 99.5 Å². The molecule has 1 aliphatic rings. The molecule has 88 valence electrons. The van der Waals surface area contributed by atoms with Crippen LogP contribution in [-0.2, 0) is 6.42 Å². The van der Waals surface area contributed by atoms with Crippen molar-refractivity contribution in [1.82, 2.24) is 0 Å². The predicted molar refractivity (Wildman–Crippen MR) is 62.6 cm³/mol. The van der Waals surface area contributed by atoms with Gasteiger partial charge in [0.25, 0.3) is 0 Å². The molecule has 0 radical (unpaired) electrons. The van der Waals surface area contributed by atoms with Crippen LogP contribution >= 0.6 is 11.6 Å². The first-order valence-electron chi connectivity index (χ1n) is 5.27. The second kappa shape index (κ2) is 3.90. The van der Waals surface area contributed by atoms with Crippen molar-refractivity contribution in [3.63, 3.8) is 0 Å². The maximum absolute atomic E-state index is 13.6. The van der Waals surface area contributed by atoms with Gasteiger partial charge in [-0.15, -0.1) is 0 Å². The molecule has 1 fully saturated rings. The summed E-state index contributed by atoms with van der Waals surface area (Å²) < 4.78 is 18.7. The smallest absolute Gasteiger partial charge is 0.166 e. The lowest BCUT2D eigenvalue weighted by Gasteiger charge is -2.17. The number of nitrogens with two attached hydrogens (primary N) is 1. The van der Waals surface area contributed by atoms with Crippen LogP contribution in [0.2, 0.25) is 5.02 Å². The highest BCUT2D eigenvalue weighted by atomic mass is 35.5. The summed E-state index contributed by atoms with van der Waals surface area (Å²) in [6.45, 7) is 1.87. The Balaban J connectivity index is 2.47. The van der Waals surface area contributed by atoms with Crippen LogP contribution in [0.15, 0.2) is 6.07 Å². The predicted octanol–water partition coefficient (Wildman–Crippen LogP) is 2.83. The van der Waals surface area contributed by atoms with E-state index in [1.165, 1.54) is 13.2 Å². The van der Waals surface area contributed by atoms with Crippen LogP contribution in [0, 0.1) is 12.7 Å². The third-order valence-corrected chi connectivity index (χ3v) is 3.57. The first kappa shape index (κ1) is 11.7. The van der Waals surface area contributed by atoms with Gasteiger partial charge in [-0.05, 0) is 37.8 Å². The molecule has 0 heterocycles. The Morgan fingerprint density at radius 3 is 2.69 bits per heavy atom. The lowest BCUT2D eigenvalue weighted by atomic mass is 9.98. The van der Waals surface area contributed by atoms with Gasteiger partial charge in [0.2, 0.25) is 0 Å². The first-order valence-corrected chi connectivity index (χ1v) is 5.65. The number of benzene rings is 1. The molecule has 0 amide bonds. The van der Waals surface area contributed by atoms with Gasteiger partial charge in [-0.2, -0.15) is 0 Å². The van der Waals surface area contributed by atoms with Gasteiger partial charge in [0.15, 0.2) is 11.6 Å². The molecule has 0 aliphatic heterocycles. The van der Waals surface area contributed by atoms with Crippen molar-refractivity contribution < 1.29 is 9.13 Å². The van der Waals surface area contributed by atoms with Gasteiger partial charge in [0.05, 0.1) is 7.11 Å². The Hall–Kier alpha value is -0.800. The number of ether oxygens (including phenoxy) is 1. The third kappa shape index (κ3) is 2.02. The molecule has 2 nitrogen and oxygen atoms in total. The van der Waals surface area contributed by atoms with Crippen molar-refractivity contribution in [3.8, 4) is 5.75 Å². The zero-order valence-corrected chi connectivity index (χ0v) is 10.2. The minimum Gasteiger partial charge on any atom is -0.493 e. The minimum absolute atomic E-state index is 0.185. The van der Waals surface area contributed by atoms with Gasteiger partial charge in [0, 0.05) is 16.1 Å². The van der Waals surface area contributed by atoms with Crippen LogP contribution in [-0.4, -0.2) is 12.6 Å². The Bertz CT molecular complexity index is 430. The zero-order chi connectivity index (χ0) is 11.9. The molecule has 0 unspecified atom stereocenters. The summed E-state index contributed by atoms with van der Waals surface area (Å²) in [7, 11) is 1.46. The number of methoxy groups -OCH3 is 1. The van der Waals surface area contributed by atoms with Crippen molar-refractivity contribution in [1.29, 1.82) is 0 Å². The van der Waals surface area contributed by atoms with E-state index < -0.39 is 5.82 Å². The third-order valence-electron chi connectivity index (χ3n) is 3.18. The molecule has 1 aliphatic carbocycles. The quantitative estimate of drug-likeness (QED) is 0.886. The van der Waals surface area contributed by atoms with Gasteiger partial charge in [0.1, 0.15) is 0 Å². The monoisotopic (exact) mass is 243 g/mol. The number of halogens is 2. The van der Waals surface area contributed by atoms with Crippen molar-refractivity contribution >= 4 is 11.6 Å². The summed E-state index contributed by atoms with van der Waals surface area (Å²) in [6, 6.07) is 1.29. The zero-order valence-electron chi connectivity index (χ0n) is 9.44. The molecular formula is C12H15ClFNO. The SMILES string of the molecule is COc1c(F)cc(Cl)c(C)c1CC1(N)CC1. The van der Waals surface area contributed by atoms with Gasteiger partial charge < -0.3 is 10.5 Å². The fourth-order valence-corrected chi connectivity index (χ4v) is 2.08. The van der Waals surface area contributed by atoms with E-state index in [2.05, 4.69) is 0 Å². The first-order chi connectivity index (χ1) is 7.47. The van der Waals surface area contributed by atoms with Gasteiger partial charge >= 0.3 is 0 Å². The average Bonchev–Trinajstić information content (AvgIpc) is 2.93. The molecule has 16 heavy (non-hydrogen) atoms. The molecule has 2 rings (SSSR count). The molecule has 0 saturated heterocycles. The Kier molecular flexibility index (Phi) is 2.84. The topological polar surface area (TPSA) is 35.2 Å². The number of hydrogen-bond donors (Lipinski definition) is 1. The van der Waals surface area contributed by atoms with E-state index in [0.717, 1.165) is 24.0 Å². The van der Waals surface area contributed by atoms with Crippen molar-refractivity contribution in [2.45, 2.75) is 31.7 Å². The minimum atomic E-state index is -0.419. The molecule has 1 saturated carbocycles. The van der Waals surface area contributed by atoms with Crippen LogP contribution in [0.5, 0.6) is 5.75 Å². The Morgan fingerprint density at radius 1 is 1.56 bits per heavy atom. The molecule has 1 aromatic carbocycles. The van der Waals surface area contributed by atoms with E-state index in [4.69, 9.17) is 22.1 Å². The molecular weight excluding hydrogens is 229 g/mol. The normalized spacial score (nSPS) is 17.3. The van der Waals surface area contributed by atoms with Gasteiger partial charge in [-0.3, -0.25) is 0 Å².